The summed E-state index contributed by atoms with van der Waals surface area (Å²) < 4.78 is 0. The van der Waals surface area contributed by atoms with E-state index in [1.807, 2.05) is 18.2 Å². The maximum atomic E-state index is 11.1. The van der Waals surface area contributed by atoms with E-state index in [0.29, 0.717) is 16.6 Å². The van der Waals surface area contributed by atoms with Crippen LogP contribution in [0.3, 0.4) is 0 Å². The Morgan fingerprint density at radius 2 is 2.18 bits per heavy atom. The molecule has 1 fully saturated rings. The van der Waals surface area contributed by atoms with Gasteiger partial charge < -0.3 is 4.90 Å². The lowest BCUT2D eigenvalue weighted by Gasteiger charge is -2.31. The molecule has 0 unspecified atom stereocenters. The first-order chi connectivity index (χ1) is 8.13. The molecule has 0 radical (unpaired) electrons. The zero-order valence-corrected chi connectivity index (χ0v) is 11.1. The Bertz CT molecular complexity index is 413. The number of carbonyl (C=O) groups excluding carboxylic acids is 1. The van der Waals surface area contributed by atoms with Crippen molar-refractivity contribution in [2.45, 2.75) is 32.7 Å². The van der Waals surface area contributed by atoms with Gasteiger partial charge in [-0.2, -0.15) is 0 Å². The number of hydrogen-bond donors (Lipinski definition) is 0. The normalized spacial score (nSPS) is 15.1. The average molecular weight is 252 g/mol. The number of rotatable bonds is 5. The van der Waals surface area contributed by atoms with E-state index in [-0.39, 0.29) is 0 Å². The van der Waals surface area contributed by atoms with E-state index < -0.39 is 0 Å². The van der Waals surface area contributed by atoms with E-state index in [4.69, 9.17) is 11.6 Å². The molecule has 0 heterocycles. The lowest BCUT2D eigenvalue weighted by Crippen LogP contribution is -2.33. The molecule has 3 heteroatoms. The van der Waals surface area contributed by atoms with Crippen LogP contribution in [0.5, 0.6) is 0 Å². The van der Waals surface area contributed by atoms with Gasteiger partial charge in [-0.3, -0.25) is 4.79 Å². The van der Waals surface area contributed by atoms with Crippen LogP contribution in [0.1, 0.15) is 37.0 Å². The molecule has 1 aromatic carbocycles. The number of halogens is 1. The molecular weight excluding hydrogens is 234 g/mol. The fourth-order valence-electron chi connectivity index (χ4n) is 2.07. The Hall–Kier alpha value is -1.02. The summed E-state index contributed by atoms with van der Waals surface area (Å²) in [5, 5.41) is 0.670. The number of para-hydroxylation sites is 1. The van der Waals surface area contributed by atoms with Crippen LogP contribution in [0, 0.1) is 5.92 Å². The average Bonchev–Trinajstić information content (AvgIpc) is 3.09. The predicted octanol–water partition coefficient (Wildman–Crippen LogP) is 3.78. The second-order valence-corrected chi connectivity index (χ2v) is 5.39. The summed E-state index contributed by atoms with van der Waals surface area (Å²) in [5.41, 5.74) is 1.58. The minimum Gasteiger partial charge on any atom is -0.367 e. The maximum Gasteiger partial charge on any atom is 0.152 e. The highest BCUT2D eigenvalue weighted by Gasteiger charge is 2.27. The molecule has 0 saturated heterocycles. The van der Waals surface area contributed by atoms with Gasteiger partial charge in [0.2, 0.25) is 0 Å². The highest BCUT2D eigenvalue weighted by atomic mass is 35.5. The van der Waals surface area contributed by atoms with Gasteiger partial charge in [0.15, 0.2) is 6.29 Å². The number of hydrogen-bond acceptors (Lipinski definition) is 2. The number of anilines is 1. The fourth-order valence-corrected chi connectivity index (χ4v) is 2.36. The number of nitrogens with zero attached hydrogens (tertiary/aromatic N) is 1. The lowest BCUT2D eigenvalue weighted by molar-refractivity contribution is 0.112. The van der Waals surface area contributed by atoms with E-state index in [1.54, 1.807) is 0 Å². The Morgan fingerprint density at radius 1 is 1.47 bits per heavy atom. The third kappa shape index (κ3) is 2.81. The van der Waals surface area contributed by atoms with E-state index in [2.05, 4.69) is 18.7 Å². The summed E-state index contributed by atoms with van der Waals surface area (Å²) in [7, 11) is 0. The first-order valence-electron chi connectivity index (χ1n) is 6.13. The molecule has 1 aromatic rings. The molecule has 0 atom stereocenters. The molecule has 1 aliphatic rings. The van der Waals surface area contributed by atoms with Gasteiger partial charge in [-0.1, -0.05) is 17.7 Å². The zero-order valence-electron chi connectivity index (χ0n) is 10.3. The summed E-state index contributed by atoms with van der Waals surface area (Å²) in [6.45, 7) is 5.28. The molecule has 0 spiro atoms. The van der Waals surface area contributed by atoms with E-state index in [9.17, 15) is 4.79 Å². The van der Waals surface area contributed by atoms with E-state index in [1.165, 1.54) is 12.8 Å². The molecule has 0 bridgehead atoms. The van der Waals surface area contributed by atoms with Crippen LogP contribution in [0.4, 0.5) is 5.69 Å². The van der Waals surface area contributed by atoms with Crippen LogP contribution < -0.4 is 4.90 Å². The Labute approximate surface area is 108 Å². The van der Waals surface area contributed by atoms with Crippen molar-refractivity contribution < 1.29 is 4.79 Å². The van der Waals surface area contributed by atoms with Crippen molar-refractivity contribution in [3.63, 3.8) is 0 Å². The molecule has 1 aliphatic carbocycles. The molecule has 1 saturated carbocycles. The monoisotopic (exact) mass is 251 g/mol. The summed E-state index contributed by atoms with van der Waals surface area (Å²) >= 11 is 6.25. The summed E-state index contributed by atoms with van der Waals surface area (Å²) in [6, 6.07) is 5.86. The van der Waals surface area contributed by atoms with Crippen LogP contribution in [-0.2, 0) is 0 Å². The standard InChI is InChI=1S/C14H18ClNO/c1-10(2)16(8-11-6-7-11)14-12(9-17)4-3-5-13(14)15/h3-5,9-11H,6-8H2,1-2H3. The first-order valence-corrected chi connectivity index (χ1v) is 6.51. The molecule has 2 nitrogen and oxygen atoms in total. The molecule has 2 rings (SSSR count). The predicted molar refractivity (Wildman–Crippen MR) is 72.0 cm³/mol. The van der Waals surface area contributed by atoms with Crippen molar-refractivity contribution in [3.8, 4) is 0 Å². The number of carbonyl (C=O) groups is 1. The van der Waals surface area contributed by atoms with Gasteiger partial charge in [0.25, 0.3) is 0 Å². The third-order valence-electron chi connectivity index (χ3n) is 3.21. The molecule has 0 aliphatic heterocycles. The van der Waals surface area contributed by atoms with E-state index >= 15 is 0 Å². The zero-order chi connectivity index (χ0) is 12.4. The van der Waals surface area contributed by atoms with Crippen LogP contribution in [0.15, 0.2) is 18.2 Å². The molecule has 0 aromatic heterocycles. The van der Waals surface area contributed by atoms with Crippen molar-refractivity contribution in [3.05, 3.63) is 28.8 Å². The third-order valence-corrected chi connectivity index (χ3v) is 3.51. The Morgan fingerprint density at radius 3 is 2.71 bits per heavy atom. The van der Waals surface area contributed by atoms with Gasteiger partial charge in [-0.15, -0.1) is 0 Å². The Kier molecular flexibility index (Phi) is 3.72. The van der Waals surface area contributed by atoms with Crippen molar-refractivity contribution >= 4 is 23.6 Å². The number of aldehydes is 1. The van der Waals surface area contributed by atoms with E-state index in [0.717, 1.165) is 24.4 Å². The van der Waals surface area contributed by atoms with Gasteiger partial charge in [0, 0.05) is 18.2 Å². The molecule has 92 valence electrons. The number of benzene rings is 1. The van der Waals surface area contributed by atoms with Crippen LogP contribution in [-0.4, -0.2) is 18.9 Å². The van der Waals surface area contributed by atoms with Crippen molar-refractivity contribution in [2.24, 2.45) is 5.92 Å². The Balaban J connectivity index is 2.36. The first kappa shape index (κ1) is 12.4. The van der Waals surface area contributed by atoms with Gasteiger partial charge in [0.05, 0.1) is 10.7 Å². The van der Waals surface area contributed by atoms with Gasteiger partial charge in [0.1, 0.15) is 0 Å². The lowest BCUT2D eigenvalue weighted by atomic mass is 10.1. The highest BCUT2D eigenvalue weighted by Crippen LogP contribution is 2.36. The maximum absolute atomic E-state index is 11.1. The second kappa shape index (κ2) is 5.09. The molecule has 17 heavy (non-hydrogen) atoms. The minimum atomic E-state index is 0.356. The summed E-state index contributed by atoms with van der Waals surface area (Å²) in [6.07, 6.45) is 3.48. The topological polar surface area (TPSA) is 20.3 Å². The SMILES string of the molecule is CC(C)N(CC1CC1)c1c(Cl)cccc1C=O. The van der Waals surface area contributed by atoms with Crippen molar-refractivity contribution in [1.29, 1.82) is 0 Å². The van der Waals surface area contributed by atoms with Crippen molar-refractivity contribution in [2.75, 3.05) is 11.4 Å². The molecule has 0 N–H and O–H groups in total. The second-order valence-electron chi connectivity index (χ2n) is 4.99. The summed E-state index contributed by atoms with van der Waals surface area (Å²) in [4.78, 5) is 13.4. The van der Waals surface area contributed by atoms with Gasteiger partial charge in [-0.05, 0) is 44.7 Å². The van der Waals surface area contributed by atoms with Gasteiger partial charge in [-0.25, -0.2) is 0 Å². The smallest absolute Gasteiger partial charge is 0.152 e. The van der Waals surface area contributed by atoms with Crippen LogP contribution in [0.2, 0.25) is 5.02 Å². The van der Waals surface area contributed by atoms with Crippen LogP contribution in [0.25, 0.3) is 0 Å². The fraction of sp³-hybridized carbons (Fsp3) is 0.500. The van der Waals surface area contributed by atoms with Gasteiger partial charge >= 0.3 is 0 Å². The quantitative estimate of drug-likeness (QED) is 0.743. The highest BCUT2D eigenvalue weighted by molar-refractivity contribution is 6.33. The minimum absolute atomic E-state index is 0.356. The molecule has 0 amide bonds. The van der Waals surface area contributed by atoms with Crippen molar-refractivity contribution in [1.82, 2.24) is 0 Å². The molecular formula is C14H18ClNO. The van der Waals surface area contributed by atoms with Crippen LogP contribution >= 0.6 is 11.6 Å². The summed E-state index contributed by atoms with van der Waals surface area (Å²) in [5.74, 6) is 0.771. The largest absolute Gasteiger partial charge is 0.367 e.